The highest BCUT2D eigenvalue weighted by molar-refractivity contribution is 7.09. The van der Waals surface area contributed by atoms with E-state index >= 15 is 0 Å². The average Bonchev–Trinajstić information content (AvgIpc) is 3.10. The van der Waals surface area contributed by atoms with Crippen LogP contribution >= 0.6 is 11.3 Å². The summed E-state index contributed by atoms with van der Waals surface area (Å²) in [5.74, 6) is 0.446. The predicted molar refractivity (Wildman–Crippen MR) is 112 cm³/mol. The van der Waals surface area contributed by atoms with Crippen LogP contribution in [0.4, 0.5) is 4.39 Å². The third-order valence-corrected chi connectivity index (χ3v) is 5.83. The van der Waals surface area contributed by atoms with Crippen molar-refractivity contribution in [1.29, 1.82) is 0 Å². The molecule has 29 heavy (non-hydrogen) atoms. The fourth-order valence-corrected chi connectivity index (χ4v) is 4.48. The molecule has 3 rings (SSSR count). The van der Waals surface area contributed by atoms with E-state index in [1.54, 1.807) is 24.5 Å². The van der Waals surface area contributed by atoms with Crippen LogP contribution < -0.4 is 19.9 Å². The second kappa shape index (κ2) is 9.19. The van der Waals surface area contributed by atoms with Crippen molar-refractivity contribution in [2.24, 2.45) is 0 Å². The number of aromatic nitrogens is 1. The Bertz CT molecular complexity index is 841. The summed E-state index contributed by atoms with van der Waals surface area (Å²) in [7, 11) is 1.58. The number of carbonyl (C=O) groups excluding carboxylic acids is 1. The standard InChI is InChI=1S/C21H29FN4O2S/c1-21(2,3)24-19(27)12-25-7-9-26(10-8-25)13-20-23-17(14-29-20)16-11-15(22)5-6-18(16)28-4/h5-6,11,14H,7-10,12-13H2,1-4H3,(H,24,27)/p+2. The Kier molecular flexibility index (Phi) is 6.87. The van der Waals surface area contributed by atoms with Crippen molar-refractivity contribution >= 4 is 17.2 Å². The van der Waals surface area contributed by atoms with Gasteiger partial charge in [0.05, 0.1) is 12.8 Å². The molecule has 0 aliphatic carbocycles. The Morgan fingerprint density at radius 2 is 1.93 bits per heavy atom. The van der Waals surface area contributed by atoms with Crippen molar-refractivity contribution < 1.29 is 23.7 Å². The maximum Gasteiger partial charge on any atom is 0.275 e. The fraction of sp³-hybridized carbons (Fsp3) is 0.524. The third kappa shape index (κ3) is 6.22. The van der Waals surface area contributed by atoms with E-state index < -0.39 is 0 Å². The normalized spacial score (nSPS) is 19.8. The molecule has 1 amide bonds. The average molecular weight is 423 g/mol. The van der Waals surface area contributed by atoms with Crippen molar-refractivity contribution in [2.45, 2.75) is 32.9 Å². The number of rotatable bonds is 6. The number of piperazine rings is 1. The Morgan fingerprint density at radius 3 is 2.59 bits per heavy atom. The first kappa shape index (κ1) is 21.7. The first-order valence-electron chi connectivity index (χ1n) is 10.00. The van der Waals surface area contributed by atoms with Crippen LogP contribution in [0.3, 0.4) is 0 Å². The van der Waals surface area contributed by atoms with Crippen molar-refractivity contribution in [3.63, 3.8) is 0 Å². The van der Waals surface area contributed by atoms with Gasteiger partial charge in [-0.25, -0.2) is 9.37 Å². The minimum atomic E-state index is -0.296. The van der Waals surface area contributed by atoms with Gasteiger partial charge in [0.2, 0.25) is 0 Å². The minimum Gasteiger partial charge on any atom is -0.496 e. The lowest BCUT2D eigenvalue weighted by Gasteiger charge is -2.29. The summed E-state index contributed by atoms with van der Waals surface area (Å²) in [5, 5.41) is 6.04. The molecule has 0 atom stereocenters. The molecule has 0 saturated carbocycles. The number of halogens is 1. The lowest BCUT2D eigenvalue weighted by molar-refractivity contribution is -1.02. The van der Waals surface area contributed by atoms with E-state index in [0.29, 0.717) is 17.9 Å². The van der Waals surface area contributed by atoms with Crippen LogP contribution in [-0.2, 0) is 11.3 Å². The number of amides is 1. The monoisotopic (exact) mass is 422 g/mol. The summed E-state index contributed by atoms with van der Waals surface area (Å²) >= 11 is 1.60. The van der Waals surface area contributed by atoms with Crippen LogP contribution in [0.1, 0.15) is 25.8 Å². The summed E-state index contributed by atoms with van der Waals surface area (Å²) in [6.45, 7) is 11.4. The van der Waals surface area contributed by atoms with Crippen molar-refractivity contribution in [3.8, 4) is 17.0 Å². The van der Waals surface area contributed by atoms with Crippen LogP contribution in [-0.4, -0.2) is 56.3 Å². The van der Waals surface area contributed by atoms with Crippen LogP contribution in [0.2, 0.25) is 0 Å². The zero-order chi connectivity index (χ0) is 21.0. The number of quaternary nitrogens is 2. The first-order valence-corrected chi connectivity index (χ1v) is 10.9. The lowest BCUT2D eigenvalue weighted by atomic mass is 10.1. The van der Waals surface area contributed by atoms with Gasteiger partial charge >= 0.3 is 0 Å². The molecule has 1 saturated heterocycles. The van der Waals surface area contributed by atoms with Gasteiger partial charge in [-0.2, -0.15) is 0 Å². The van der Waals surface area contributed by atoms with E-state index in [2.05, 4.69) is 5.32 Å². The molecule has 0 spiro atoms. The van der Waals surface area contributed by atoms with Crippen molar-refractivity contribution in [2.75, 3.05) is 39.8 Å². The topological polar surface area (TPSA) is 60.1 Å². The summed E-state index contributed by atoms with van der Waals surface area (Å²) in [5.41, 5.74) is 1.25. The number of carbonyl (C=O) groups is 1. The van der Waals surface area contributed by atoms with Gasteiger partial charge in [0.25, 0.3) is 5.91 Å². The Hall–Kier alpha value is -2.03. The first-order chi connectivity index (χ1) is 13.7. The van der Waals surface area contributed by atoms with E-state index in [1.165, 1.54) is 21.9 Å². The number of methoxy groups -OCH3 is 1. The van der Waals surface area contributed by atoms with E-state index in [-0.39, 0.29) is 17.3 Å². The summed E-state index contributed by atoms with van der Waals surface area (Å²) in [4.78, 5) is 19.6. The van der Waals surface area contributed by atoms with Gasteiger partial charge in [0, 0.05) is 16.5 Å². The number of nitrogens with zero attached hydrogens (tertiary/aromatic N) is 1. The van der Waals surface area contributed by atoms with Crippen LogP contribution in [0.25, 0.3) is 11.3 Å². The molecule has 1 aromatic carbocycles. The highest BCUT2D eigenvalue weighted by atomic mass is 32.1. The highest BCUT2D eigenvalue weighted by Crippen LogP contribution is 2.31. The van der Waals surface area contributed by atoms with E-state index in [1.807, 2.05) is 26.2 Å². The molecule has 0 radical (unpaired) electrons. The summed E-state index contributed by atoms with van der Waals surface area (Å²) in [6, 6.07) is 4.49. The lowest BCUT2D eigenvalue weighted by Crippen LogP contribution is -3.28. The second-order valence-corrected chi connectivity index (χ2v) is 9.57. The van der Waals surface area contributed by atoms with Gasteiger partial charge in [-0.15, -0.1) is 11.3 Å². The third-order valence-electron chi connectivity index (χ3n) is 4.98. The maximum absolute atomic E-state index is 13.7. The van der Waals surface area contributed by atoms with Gasteiger partial charge in [-0.1, -0.05) is 0 Å². The van der Waals surface area contributed by atoms with E-state index in [4.69, 9.17) is 9.72 Å². The van der Waals surface area contributed by atoms with E-state index in [0.717, 1.165) is 43.4 Å². The minimum absolute atomic E-state index is 0.115. The van der Waals surface area contributed by atoms with Gasteiger partial charge in [-0.05, 0) is 39.0 Å². The fourth-order valence-electron chi connectivity index (χ4n) is 3.61. The summed E-state index contributed by atoms with van der Waals surface area (Å²) < 4.78 is 19.0. The van der Waals surface area contributed by atoms with Crippen LogP contribution in [0.5, 0.6) is 5.75 Å². The molecule has 2 aromatic rings. The number of nitrogens with one attached hydrogen (secondary N) is 3. The van der Waals surface area contributed by atoms with Gasteiger partial charge in [0.15, 0.2) is 6.54 Å². The molecule has 158 valence electrons. The highest BCUT2D eigenvalue weighted by Gasteiger charge is 2.27. The number of hydrogen-bond donors (Lipinski definition) is 3. The van der Waals surface area contributed by atoms with E-state index in [9.17, 15) is 9.18 Å². The maximum atomic E-state index is 13.7. The number of benzene rings is 1. The quantitative estimate of drug-likeness (QED) is 0.622. The van der Waals surface area contributed by atoms with Gasteiger partial charge in [-0.3, -0.25) is 4.79 Å². The van der Waals surface area contributed by atoms with Crippen molar-refractivity contribution in [3.05, 3.63) is 34.4 Å². The SMILES string of the molecule is COc1ccc(F)cc1-c1csc(C[NH+]2CC[NH+](CC(=O)NC(C)(C)C)CC2)n1. The molecular weight excluding hydrogens is 391 g/mol. The zero-order valence-corrected chi connectivity index (χ0v) is 18.4. The molecule has 3 N–H and O–H groups in total. The smallest absolute Gasteiger partial charge is 0.275 e. The number of thiazole rings is 1. The Labute approximate surface area is 175 Å². The molecule has 6 nitrogen and oxygen atoms in total. The largest absolute Gasteiger partial charge is 0.496 e. The molecule has 1 aromatic heterocycles. The molecule has 1 aliphatic rings. The van der Waals surface area contributed by atoms with Crippen molar-refractivity contribution in [1.82, 2.24) is 10.3 Å². The second-order valence-electron chi connectivity index (χ2n) is 8.62. The summed E-state index contributed by atoms with van der Waals surface area (Å²) in [6.07, 6.45) is 0. The number of hydrogen-bond acceptors (Lipinski definition) is 4. The zero-order valence-electron chi connectivity index (χ0n) is 17.6. The molecule has 8 heteroatoms. The van der Waals surface area contributed by atoms with Crippen LogP contribution in [0.15, 0.2) is 23.6 Å². The Balaban J connectivity index is 1.53. The molecule has 0 unspecified atom stereocenters. The number of ether oxygens (including phenoxy) is 1. The Morgan fingerprint density at radius 1 is 1.24 bits per heavy atom. The molecule has 0 bridgehead atoms. The van der Waals surface area contributed by atoms with Crippen LogP contribution in [0, 0.1) is 5.82 Å². The molecular formula is C21H31FN4O2S+2. The van der Waals surface area contributed by atoms with Gasteiger partial charge in [0.1, 0.15) is 49.3 Å². The predicted octanol–water partition coefficient (Wildman–Crippen LogP) is 0.156. The molecule has 1 aliphatic heterocycles. The van der Waals surface area contributed by atoms with Gasteiger partial charge < -0.3 is 19.9 Å². The molecule has 1 fully saturated rings. The molecule has 2 heterocycles.